The number of aromatic amines is 1. The average molecular weight is 419 g/mol. The van der Waals surface area contributed by atoms with Gasteiger partial charge in [0.15, 0.2) is 0 Å². The van der Waals surface area contributed by atoms with Crippen molar-refractivity contribution in [1.29, 1.82) is 0 Å². The van der Waals surface area contributed by atoms with Crippen LogP contribution >= 0.6 is 0 Å². The van der Waals surface area contributed by atoms with Crippen LogP contribution in [0.1, 0.15) is 29.0 Å². The molecular weight excluding hydrogens is 394 g/mol. The molecule has 2 aromatic carbocycles. The van der Waals surface area contributed by atoms with Crippen molar-refractivity contribution in [3.05, 3.63) is 66.2 Å². The van der Waals surface area contributed by atoms with Crippen LogP contribution in [0.5, 0.6) is 5.75 Å². The van der Waals surface area contributed by atoms with Crippen LogP contribution in [0, 0.1) is 5.41 Å². The van der Waals surface area contributed by atoms with Crippen molar-refractivity contribution < 1.29 is 14.3 Å². The number of nitrogens with zero attached hydrogens (tertiary/aromatic N) is 3. The summed E-state index contributed by atoms with van der Waals surface area (Å²) in [6, 6.07) is 16.0. The minimum Gasteiger partial charge on any atom is -0.497 e. The Balaban J connectivity index is 1.52. The van der Waals surface area contributed by atoms with Gasteiger partial charge in [-0.25, -0.2) is 4.98 Å². The lowest BCUT2D eigenvalue weighted by atomic mass is 9.74. The van der Waals surface area contributed by atoms with Crippen LogP contribution in [0.3, 0.4) is 0 Å². The van der Waals surface area contributed by atoms with E-state index in [1.165, 1.54) is 6.33 Å². The predicted octanol–water partition coefficient (Wildman–Crippen LogP) is 2.43. The molecule has 8 heteroatoms. The zero-order valence-corrected chi connectivity index (χ0v) is 17.4. The molecular formula is C23H25N5O3. The summed E-state index contributed by atoms with van der Waals surface area (Å²) in [5.74, 6) is 0.328. The number of nitrogens with two attached hydrogens (primary N) is 1. The summed E-state index contributed by atoms with van der Waals surface area (Å²) in [7, 11) is 1.64. The number of ether oxygens (including phenoxy) is 1. The Kier molecular flexibility index (Phi) is 5.70. The van der Waals surface area contributed by atoms with Gasteiger partial charge in [-0.3, -0.25) is 14.7 Å². The number of methoxy groups -OCH3 is 1. The van der Waals surface area contributed by atoms with Gasteiger partial charge >= 0.3 is 0 Å². The highest BCUT2D eigenvalue weighted by atomic mass is 16.5. The monoisotopic (exact) mass is 419 g/mol. The fourth-order valence-electron chi connectivity index (χ4n) is 4.19. The Morgan fingerprint density at radius 3 is 2.39 bits per heavy atom. The normalized spacial score (nSPS) is 18.5. The van der Waals surface area contributed by atoms with Crippen molar-refractivity contribution in [3.63, 3.8) is 0 Å². The van der Waals surface area contributed by atoms with Crippen LogP contribution in [0.4, 0.5) is 0 Å². The minimum atomic E-state index is -0.810. The molecule has 1 aromatic heterocycles. The second-order valence-corrected chi connectivity index (χ2v) is 7.91. The molecule has 3 aromatic rings. The molecule has 0 aliphatic carbocycles. The SMILES string of the molecule is COc1ccc(-c2ccc(C[C@@]3(C(N)=O)CCCN(C(=O)c4ncn[nH]4)C3)cc2)cc1. The second kappa shape index (κ2) is 8.59. The third-order valence-electron chi connectivity index (χ3n) is 5.92. The number of hydrogen-bond donors (Lipinski definition) is 2. The van der Waals surface area contributed by atoms with Crippen LogP contribution in [0.2, 0.25) is 0 Å². The van der Waals surface area contributed by atoms with Gasteiger partial charge in [-0.1, -0.05) is 36.4 Å². The number of carbonyl (C=O) groups excluding carboxylic acids is 2. The molecule has 4 rings (SSSR count). The van der Waals surface area contributed by atoms with Gasteiger partial charge in [0.25, 0.3) is 5.91 Å². The maximum Gasteiger partial charge on any atom is 0.291 e. The van der Waals surface area contributed by atoms with E-state index in [0.29, 0.717) is 25.8 Å². The first-order valence-corrected chi connectivity index (χ1v) is 10.2. The standard InChI is InChI=1S/C23H25N5O3/c1-31-19-9-7-18(8-10-19)17-5-3-16(4-6-17)13-23(22(24)30)11-2-12-28(14-23)21(29)20-25-15-26-27-20/h3-10,15H,2,11-14H2,1H3,(H2,24,30)(H,25,26,27)/t23-/m0/s1. The molecule has 0 saturated carbocycles. The highest BCUT2D eigenvalue weighted by Gasteiger charge is 2.42. The van der Waals surface area contributed by atoms with Gasteiger partial charge in [0.1, 0.15) is 12.1 Å². The maximum absolute atomic E-state index is 12.7. The maximum atomic E-state index is 12.7. The van der Waals surface area contributed by atoms with Crippen LogP contribution < -0.4 is 10.5 Å². The Hall–Kier alpha value is -3.68. The molecule has 0 radical (unpaired) electrons. The molecule has 0 spiro atoms. The Morgan fingerprint density at radius 2 is 1.81 bits per heavy atom. The van der Waals surface area contributed by atoms with E-state index in [1.54, 1.807) is 12.0 Å². The van der Waals surface area contributed by atoms with Crippen molar-refractivity contribution in [2.45, 2.75) is 19.3 Å². The third kappa shape index (κ3) is 4.28. The second-order valence-electron chi connectivity index (χ2n) is 7.91. The first-order chi connectivity index (χ1) is 15.0. The molecule has 8 nitrogen and oxygen atoms in total. The van der Waals surface area contributed by atoms with E-state index < -0.39 is 5.41 Å². The number of likely N-dealkylation sites (tertiary alicyclic amines) is 1. The summed E-state index contributed by atoms with van der Waals surface area (Å²) in [6.45, 7) is 0.826. The number of H-pyrrole nitrogens is 1. The summed E-state index contributed by atoms with van der Waals surface area (Å²) in [6.07, 6.45) is 3.11. The van der Waals surface area contributed by atoms with Crippen LogP contribution in [0.15, 0.2) is 54.9 Å². The highest BCUT2D eigenvalue weighted by molar-refractivity contribution is 5.91. The van der Waals surface area contributed by atoms with Gasteiger partial charge in [0.2, 0.25) is 11.7 Å². The molecule has 160 valence electrons. The molecule has 0 bridgehead atoms. The van der Waals surface area contributed by atoms with Gasteiger partial charge in [-0.05, 0) is 48.1 Å². The average Bonchev–Trinajstić information content (AvgIpc) is 3.34. The summed E-state index contributed by atoms with van der Waals surface area (Å²) in [4.78, 5) is 30.8. The van der Waals surface area contributed by atoms with Crippen molar-refractivity contribution in [1.82, 2.24) is 20.1 Å². The topological polar surface area (TPSA) is 114 Å². The number of amides is 2. The lowest BCUT2D eigenvalue weighted by Crippen LogP contribution is -2.53. The fourth-order valence-corrected chi connectivity index (χ4v) is 4.19. The summed E-state index contributed by atoms with van der Waals surface area (Å²) in [5.41, 5.74) is 8.21. The van der Waals surface area contributed by atoms with E-state index in [1.807, 2.05) is 48.5 Å². The molecule has 1 saturated heterocycles. The summed E-state index contributed by atoms with van der Waals surface area (Å²) < 4.78 is 5.21. The summed E-state index contributed by atoms with van der Waals surface area (Å²) in [5, 5.41) is 6.33. The van der Waals surface area contributed by atoms with E-state index >= 15 is 0 Å². The number of piperidine rings is 1. The molecule has 0 unspecified atom stereocenters. The molecule has 1 aliphatic heterocycles. The smallest absolute Gasteiger partial charge is 0.291 e. The number of aromatic nitrogens is 3. The largest absolute Gasteiger partial charge is 0.497 e. The van der Waals surface area contributed by atoms with Crippen molar-refractivity contribution >= 4 is 11.8 Å². The van der Waals surface area contributed by atoms with E-state index in [-0.39, 0.29) is 24.2 Å². The Labute approximate surface area is 180 Å². The number of hydrogen-bond acceptors (Lipinski definition) is 5. The van der Waals surface area contributed by atoms with Gasteiger partial charge < -0.3 is 15.4 Å². The number of rotatable bonds is 6. The van der Waals surface area contributed by atoms with Gasteiger partial charge in [0.05, 0.1) is 12.5 Å². The first kappa shape index (κ1) is 20.6. The van der Waals surface area contributed by atoms with Gasteiger partial charge in [-0.15, -0.1) is 0 Å². The first-order valence-electron chi connectivity index (χ1n) is 10.2. The quantitative estimate of drug-likeness (QED) is 0.637. The molecule has 1 fully saturated rings. The van der Waals surface area contributed by atoms with Crippen LogP contribution in [-0.4, -0.2) is 52.1 Å². The van der Waals surface area contributed by atoms with E-state index in [2.05, 4.69) is 15.2 Å². The Bertz CT molecular complexity index is 1050. The van der Waals surface area contributed by atoms with Crippen LogP contribution in [-0.2, 0) is 11.2 Å². The fraction of sp³-hybridized carbons (Fsp3) is 0.304. The predicted molar refractivity (Wildman–Crippen MR) is 115 cm³/mol. The third-order valence-corrected chi connectivity index (χ3v) is 5.92. The number of benzene rings is 2. The van der Waals surface area contributed by atoms with Crippen molar-refractivity contribution in [2.24, 2.45) is 11.1 Å². The number of carbonyl (C=O) groups is 2. The lowest BCUT2D eigenvalue weighted by Gasteiger charge is -2.40. The van der Waals surface area contributed by atoms with E-state index in [9.17, 15) is 9.59 Å². The minimum absolute atomic E-state index is 0.170. The van der Waals surface area contributed by atoms with Crippen LogP contribution in [0.25, 0.3) is 11.1 Å². The molecule has 2 heterocycles. The number of nitrogens with one attached hydrogen (secondary N) is 1. The lowest BCUT2D eigenvalue weighted by molar-refractivity contribution is -0.130. The van der Waals surface area contributed by atoms with Gasteiger partial charge in [-0.2, -0.15) is 5.10 Å². The van der Waals surface area contributed by atoms with E-state index in [4.69, 9.17) is 10.5 Å². The molecule has 1 atom stereocenters. The summed E-state index contributed by atoms with van der Waals surface area (Å²) >= 11 is 0. The zero-order valence-electron chi connectivity index (χ0n) is 17.4. The highest BCUT2D eigenvalue weighted by Crippen LogP contribution is 2.34. The van der Waals surface area contributed by atoms with E-state index in [0.717, 1.165) is 22.4 Å². The zero-order chi connectivity index (χ0) is 21.8. The molecule has 2 amide bonds. The van der Waals surface area contributed by atoms with Crippen molar-refractivity contribution in [2.75, 3.05) is 20.2 Å². The number of primary amides is 1. The molecule has 3 N–H and O–H groups in total. The molecule has 1 aliphatic rings. The van der Waals surface area contributed by atoms with Gasteiger partial charge in [0, 0.05) is 13.1 Å². The Morgan fingerprint density at radius 1 is 1.13 bits per heavy atom. The van der Waals surface area contributed by atoms with Crippen molar-refractivity contribution in [3.8, 4) is 16.9 Å². The molecule has 31 heavy (non-hydrogen) atoms.